The fraction of sp³-hybridized carbons (Fsp3) is 0.450. The standard InChI is InChI=1S/C20H27N7/c1-27(2)19-17-5-3-4-6-18(17)25-20(26-19)24-16-9-7-15(8-10-16)21-11-14-12-22-23-13-14/h3-6,12-13,15-16,21H,7-11H2,1-2H3,(H,22,23)(H,24,25,26)/t15-,16+. The molecule has 1 aliphatic carbocycles. The third kappa shape index (κ3) is 4.19. The summed E-state index contributed by atoms with van der Waals surface area (Å²) in [5.41, 5.74) is 2.19. The van der Waals surface area contributed by atoms with Gasteiger partial charge in [0.1, 0.15) is 5.82 Å². The number of nitrogens with one attached hydrogen (secondary N) is 3. The second-order valence-electron chi connectivity index (χ2n) is 7.46. The molecule has 0 amide bonds. The van der Waals surface area contributed by atoms with Gasteiger partial charge in [-0.1, -0.05) is 12.1 Å². The average molecular weight is 365 g/mol. The first-order valence-electron chi connectivity index (χ1n) is 9.61. The Labute approximate surface area is 159 Å². The number of benzene rings is 1. The predicted octanol–water partition coefficient (Wildman–Crippen LogP) is 2.93. The number of aromatic amines is 1. The number of nitrogens with zero attached hydrogens (tertiary/aromatic N) is 4. The maximum absolute atomic E-state index is 4.76. The minimum Gasteiger partial charge on any atom is -0.362 e. The smallest absolute Gasteiger partial charge is 0.225 e. The van der Waals surface area contributed by atoms with Crippen LogP contribution in [0.4, 0.5) is 11.8 Å². The van der Waals surface area contributed by atoms with E-state index in [1.165, 1.54) is 5.56 Å². The molecule has 0 bridgehead atoms. The number of anilines is 2. The molecular formula is C20H27N7. The number of hydrogen-bond donors (Lipinski definition) is 3. The third-order valence-electron chi connectivity index (χ3n) is 5.22. The van der Waals surface area contributed by atoms with Gasteiger partial charge in [0.05, 0.1) is 11.7 Å². The van der Waals surface area contributed by atoms with Crippen LogP contribution in [0.25, 0.3) is 10.9 Å². The molecule has 1 saturated carbocycles. The lowest BCUT2D eigenvalue weighted by molar-refractivity contribution is 0.352. The SMILES string of the molecule is CN(C)c1nc(N[C@H]2CC[C@@H](NCc3cn[nH]c3)CC2)nc2ccccc12. The second kappa shape index (κ2) is 7.92. The molecule has 1 aliphatic rings. The maximum atomic E-state index is 4.76. The number of H-pyrrole nitrogens is 1. The molecule has 0 spiro atoms. The van der Waals surface area contributed by atoms with E-state index in [1.54, 1.807) is 0 Å². The minimum atomic E-state index is 0.424. The van der Waals surface area contributed by atoms with Gasteiger partial charge < -0.3 is 15.5 Å². The number of rotatable bonds is 6. The molecule has 0 radical (unpaired) electrons. The van der Waals surface area contributed by atoms with Crippen LogP contribution in [0.5, 0.6) is 0 Å². The van der Waals surface area contributed by atoms with Gasteiger partial charge in [0.25, 0.3) is 0 Å². The van der Waals surface area contributed by atoms with Gasteiger partial charge in [-0.15, -0.1) is 0 Å². The molecule has 0 unspecified atom stereocenters. The Kier molecular flexibility index (Phi) is 5.20. The van der Waals surface area contributed by atoms with E-state index in [4.69, 9.17) is 9.97 Å². The van der Waals surface area contributed by atoms with Crippen molar-refractivity contribution in [2.75, 3.05) is 24.3 Å². The van der Waals surface area contributed by atoms with Crippen molar-refractivity contribution in [3.8, 4) is 0 Å². The van der Waals surface area contributed by atoms with Gasteiger partial charge in [0, 0.05) is 49.9 Å². The van der Waals surface area contributed by atoms with Crippen molar-refractivity contribution >= 4 is 22.7 Å². The molecule has 7 heteroatoms. The van der Waals surface area contributed by atoms with Gasteiger partial charge in [-0.2, -0.15) is 10.1 Å². The lowest BCUT2D eigenvalue weighted by Gasteiger charge is -2.30. The van der Waals surface area contributed by atoms with Gasteiger partial charge in [-0.3, -0.25) is 5.10 Å². The van der Waals surface area contributed by atoms with Crippen LogP contribution in [0.1, 0.15) is 31.2 Å². The highest BCUT2D eigenvalue weighted by molar-refractivity contribution is 5.90. The molecule has 0 aliphatic heterocycles. The van der Waals surface area contributed by atoms with Crippen molar-refractivity contribution in [1.29, 1.82) is 0 Å². The average Bonchev–Trinajstić information content (AvgIpc) is 3.20. The summed E-state index contributed by atoms with van der Waals surface area (Å²) in [6, 6.07) is 9.16. The van der Waals surface area contributed by atoms with Crippen LogP contribution in [0.15, 0.2) is 36.7 Å². The van der Waals surface area contributed by atoms with E-state index in [-0.39, 0.29) is 0 Å². The summed E-state index contributed by atoms with van der Waals surface area (Å²) < 4.78 is 0. The molecule has 1 aromatic carbocycles. The van der Waals surface area contributed by atoms with Crippen LogP contribution in [-0.4, -0.2) is 46.3 Å². The number of fused-ring (bicyclic) bond motifs is 1. The van der Waals surface area contributed by atoms with E-state index in [0.29, 0.717) is 12.1 Å². The summed E-state index contributed by atoms with van der Waals surface area (Å²) >= 11 is 0. The van der Waals surface area contributed by atoms with E-state index in [9.17, 15) is 0 Å². The van der Waals surface area contributed by atoms with E-state index in [2.05, 4.69) is 26.9 Å². The van der Waals surface area contributed by atoms with E-state index >= 15 is 0 Å². The summed E-state index contributed by atoms with van der Waals surface area (Å²) in [5, 5.41) is 15.1. The molecule has 3 N–H and O–H groups in total. The van der Waals surface area contributed by atoms with Gasteiger partial charge in [-0.25, -0.2) is 4.98 Å². The molecule has 7 nitrogen and oxygen atoms in total. The topological polar surface area (TPSA) is 81.8 Å². The van der Waals surface area contributed by atoms with Gasteiger partial charge >= 0.3 is 0 Å². The van der Waals surface area contributed by atoms with Crippen molar-refractivity contribution in [3.05, 3.63) is 42.2 Å². The summed E-state index contributed by atoms with van der Waals surface area (Å²) in [6.45, 7) is 0.874. The van der Waals surface area contributed by atoms with Crippen molar-refractivity contribution in [3.63, 3.8) is 0 Å². The quantitative estimate of drug-likeness (QED) is 0.623. The second-order valence-corrected chi connectivity index (χ2v) is 7.46. The van der Waals surface area contributed by atoms with Crippen molar-refractivity contribution in [2.24, 2.45) is 0 Å². The Hall–Kier alpha value is -2.67. The number of hydrogen-bond acceptors (Lipinski definition) is 6. The molecule has 0 atom stereocenters. The number of aromatic nitrogens is 4. The summed E-state index contributed by atoms with van der Waals surface area (Å²) in [5.74, 6) is 1.69. The normalized spacial score (nSPS) is 19.9. The van der Waals surface area contributed by atoms with Crippen LogP contribution in [0, 0.1) is 0 Å². The van der Waals surface area contributed by atoms with Crippen molar-refractivity contribution in [1.82, 2.24) is 25.5 Å². The predicted molar refractivity (Wildman–Crippen MR) is 109 cm³/mol. The zero-order valence-electron chi connectivity index (χ0n) is 15.9. The molecule has 4 rings (SSSR count). The first-order chi connectivity index (χ1) is 13.2. The lowest BCUT2D eigenvalue weighted by atomic mass is 9.91. The van der Waals surface area contributed by atoms with E-state index in [1.807, 2.05) is 49.6 Å². The Morgan fingerprint density at radius 3 is 2.59 bits per heavy atom. The molecule has 0 saturated heterocycles. The van der Waals surface area contributed by atoms with Crippen molar-refractivity contribution < 1.29 is 0 Å². The number of para-hydroxylation sites is 1. The summed E-state index contributed by atoms with van der Waals surface area (Å²) in [7, 11) is 4.05. The van der Waals surface area contributed by atoms with E-state index < -0.39 is 0 Å². The largest absolute Gasteiger partial charge is 0.362 e. The first-order valence-corrected chi connectivity index (χ1v) is 9.61. The molecule has 142 valence electrons. The lowest BCUT2D eigenvalue weighted by Crippen LogP contribution is -2.36. The Bertz CT molecular complexity index is 867. The van der Waals surface area contributed by atoms with Gasteiger partial charge in [0.15, 0.2) is 0 Å². The van der Waals surface area contributed by atoms with Crippen LogP contribution in [-0.2, 0) is 6.54 Å². The monoisotopic (exact) mass is 365 g/mol. The highest BCUT2D eigenvalue weighted by Crippen LogP contribution is 2.26. The molecule has 27 heavy (non-hydrogen) atoms. The van der Waals surface area contributed by atoms with Crippen molar-refractivity contribution in [2.45, 2.75) is 44.3 Å². The minimum absolute atomic E-state index is 0.424. The first kappa shape index (κ1) is 17.7. The van der Waals surface area contributed by atoms with Crippen LogP contribution in [0.2, 0.25) is 0 Å². The van der Waals surface area contributed by atoms with Gasteiger partial charge in [0.2, 0.25) is 5.95 Å². The summed E-state index contributed by atoms with van der Waals surface area (Å²) in [6.07, 6.45) is 8.37. The van der Waals surface area contributed by atoms with E-state index in [0.717, 1.165) is 54.9 Å². The zero-order valence-corrected chi connectivity index (χ0v) is 15.9. The molecule has 2 heterocycles. The van der Waals surface area contributed by atoms with Crippen LogP contribution >= 0.6 is 0 Å². The highest BCUT2D eigenvalue weighted by atomic mass is 15.2. The molecule has 1 fully saturated rings. The highest BCUT2D eigenvalue weighted by Gasteiger charge is 2.22. The van der Waals surface area contributed by atoms with Crippen LogP contribution in [0.3, 0.4) is 0 Å². The Balaban J connectivity index is 1.37. The zero-order chi connectivity index (χ0) is 18.6. The molecular weight excluding hydrogens is 338 g/mol. The Morgan fingerprint density at radius 2 is 1.85 bits per heavy atom. The molecule has 2 aromatic heterocycles. The Morgan fingerprint density at radius 1 is 1.07 bits per heavy atom. The third-order valence-corrected chi connectivity index (χ3v) is 5.22. The summed E-state index contributed by atoms with van der Waals surface area (Å²) in [4.78, 5) is 11.5. The van der Waals surface area contributed by atoms with Gasteiger partial charge in [-0.05, 0) is 37.8 Å². The van der Waals surface area contributed by atoms with Crippen LogP contribution < -0.4 is 15.5 Å². The fourth-order valence-corrected chi connectivity index (χ4v) is 3.73. The molecule has 3 aromatic rings. The maximum Gasteiger partial charge on any atom is 0.225 e. The fourth-order valence-electron chi connectivity index (χ4n) is 3.73.